The van der Waals surface area contributed by atoms with Gasteiger partial charge >= 0.3 is 0 Å². The van der Waals surface area contributed by atoms with Crippen LogP contribution < -0.4 is 9.64 Å². The fraction of sp³-hybridized carbons (Fsp3) is 0.227. The van der Waals surface area contributed by atoms with Crippen molar-refractivity contribution >= 4 is 22.4 Å². The maximum atomic E-state index is 13.0. The number of nitrogens with zero attached hydrogens (tertiary/aromatic N) is 1. The fourth-order valence-corrected chi connectivity index (χ4v) is 3.72. The maximum absolute atomic E-state index is 13.0. The van der Waals surface area contributed by atoms with Crippen LogP contribution in [0.4, 0.5) is 5.69 Å². The van der Waals surface area contributed by atoms with Gasteiger partial charge in [0.05, 0.1) is 12.8 Å². The zero-order valence-corrected chi connectivity index (χ0v) is 14.7. The molecule has 0 saturated carbocycles. The monoisotopic (exact) mass is 347 g/mol. The second-order valence-corrected chi connectivity index (χ2v) is 6.68. The number of benzene rings is 3. The van der Waals surface area contributed by atoms with Gasteiger partial charge in [-0.05, 0) is 42.0 Å². The Kier molecular flexibility index (Phi) is 4.25. The third-order valence-corrected chi connectivity index (χ3v) is 5.11. The molecule has 0 radical (unpaired) electrons. The van der Waals surface area contributed by atoms with Crippen LogP contribution in [0.3, 0.4) is 0 Å². The summed E-state index contributed by atoms with van der Waals surface area (Å²) in [4.78, 5) is 14.8. The molecule has 0 aliphatic carbocycles. The Labute approximate surface area is 152 Å². The van der Waals surface area contributed by atoms with E-state index in [2.05, 4.69) is 0 Å². The minimum Gasteiger partial charge on any atom is -0.506 e. The van der Waals surface area contributed by atoms with E-state index in [4.69, 9.17) is 4.74 Å². The van der Waals surface area contributed by atoms with Crippen molar-refractivity contribution in [1.82, 2.24) is 0 Å². The minimum atomic E-state index is -0.0678. The molecule has 0 spiro atoms. The van der Waals surface area contributed by atoms with Crippen LogP contribution in [-0.2, 0) is 11.2 Å². The predicted octanol–water partition coefficient (Wildman–Crippen LogP) is 4.15. The van der Waals surface area contributed by atoms with Gasteiger partial charge in [-0.1, -0.05) is 42.5 Å². The molecule has 1 unspecified atom stereocenters. The van der Waals surface area contributed by atoms with Crippen LogP contribution in [-0.4, -0.2) is 24.7 Å². The van der Waals surface area contributed by atoms with Gasteiger partial charge in [0.25, 0.3) is 0 Å². The first kappa shape index (κ1) is 16.5. The number of rotatable bonds is 4. The van der Waals surface area contributed by atoms with Gasteiger partial charge in [-0.25, -0.2) is 0 Å². The first-order valence-corrected chi connectivity index (χ1v) is 8.82. The Balaban J connectivity index is 1.60. The summed E-state index contributed by atoms with van der Waals surface area (Å²) in [5, 5.41) is 12.3. The van der Waals surface area contributed by atoms with E-state index in [0.29, 0.717) is 18.7 Å². The molecule has 4 nitrogen and oxygen atoms in total. The van der Waals surface area contributed by atoms with Gasteiger partial charge in [-0.2, -0.15) is 0 Å². The average Bonchev–Trinajstić information content (AvgIpc) is 3.02. The third-order valence-electron chi connectivity index (χ3n) is 5.11. The van der Waals surface area contributed by atoms with Crippen molar-refractivity contribution in [1.29, 1.82) is 0 Å². The summed E-state index contributed by atoms with van der Waals surface area (Å²) >= 11 is 0. The molecule has 26 heavy (non-hydrogen) atoms. The first-order valence-electron chi connectivity index (χ1n) is 8.82. The molecule has 132 valence electrons. The molecule has 3 aromatic carbocycles. The van der Waals surface area contributed by atoms with E-state index in [1.807, 2.05) is 54.6 Å². The number of phenols is 1. The van der Waals surface area contributed by atoms with Crippen molar-refractivity contribution < 1.29 is 14.6 Å². The molecule has 0 aromatic heterocycles. The molecule has 4 rings (SSSR count). The smallest absolute Gasteiger partial charge is 0.230 e. The highest BCUT2D eigenvalue weighted by Crippen LogP contribution is 2.39. The summed E-state index contributed by atoms with van der Waals surface area (Å²) in [6.45, 7) is 0.626. The average molecular weight is 347 g/mol. The number of phenolic OH excluding ortho intramolecular Hbond substituents is 1. The number of aromatic hydroxyl groups is 1. The lowest BCUT2D eigenvalue weighted by molar-refractivity contribution is -0.120. The molecule has 0 bridgehead atoms. The number of carbonyl (C=O) groups excluding carboxylic acids is 1. The lowest BCUT2D eigenvalue weighted by atomic mass is 9.98. The second-order valence-electron chi connectivity index (χ2n) is 6.68. The van der Waals surface area contributed by atoms with Crippen molar-refractivity contribution in [2.75, 3.05) is 18.6 Å². The Hall–Kier alpha value is -3.01. The molecule has 3 aromatic rings. The van der Waals surface area contributed by atoms with Gasteiger partial charge in [-0.3, -0.25) is 4.79 Å². The van der Waals surface area contributed by atoms with E-state index in [9.17, 15) is 9.90 Å². The number of carbonyl (C=O) groups is 1. The van der Waals surface area contributed by atoms with E-state index in [1.165, 1.54) is 0 Å². The summed E-state index contributed by atoms with van der Waals surface area (Å²) < 4.78 is 5.19. The zero-order valence-electron chi connectivity index (χ0n) is 14.7. The highest BCUT2D eigenvalue weighted by Gasteiger charge is 2.34. The highest BCUT2D eigenvalue weighted by molar-refractivity contribution is 6.07. The third kappa shape index (κ3) is 2.88. The van der Waals surface area contributed by atoms with Crippen LogP contribution in [0, 0.1) is 5.92 Å². The normalized spacial score (nSPS) is 17.0. The van der Waals surface area contributed by atoms with Gasteiger partial charge in [0.1, 0.15) is 11.5 Å². The van der Waals surface area contributed by atoms with Crippen LogP contribution in [0.25, 0.3) is 10.8 Å². The summed E-state index contributed by atoms with van der Waals surface area (Å²) in [5.41, 5.74) is 1.75. The van der Waals surface area contributed by atoms with Gasteiger partial charge < -0.3 is 14.7 Å². The highest BCUT2D eigenvalue weighted by atomic mass is 16.5. The van der Waals surface area contributed by atoms with Crippen molar-refractivity contribution in [3.8, 4) is 11.5 Å². The van der Waals surface area contributed by atoms with Gasteiger partial charge in [0.15, 0.2) is 0 Å². The van der Waals surface area contributed by atoms with E-state index in [0.717, 1.165) is 28.5 Å². The summed E-state index contributed by atoms with van der Waals surface area (Å²) in [5.74, 6) is 0.977. The van der Waals surface area contributed by atoms with Crippen molar-refractivity contribution in [3.05, 3.63) is 66.2 Å². The lowest BCUT2D eigenvalue weighted by Gasteiger charge is -2.20. The predicted molar refractivity (Wildman–Crippen MR) is 103 cm³/mol. The molecule has 1 fully saturated rings. The van der Waals surface area contributed by atoms with E-state index < -0.39 is 0 Å². The number of hydrogen-bond acceptors (Lipinski definition) is 3. The Morgan fingerprint density at radius 3 is 2.62 bits per heavy atom. The van der Waals surface area contributed by atoms with Crippen LogP contribution in [0.15, 0.2) is 60.7 Å². The number of amides is 1. The van der Waals surface area contributed by atoms with Crippen LogP contribution >= 0.6 is 0 Å². The van der Waals surface area contributed by atoms with Crippen LogP contribution in [0.1, 0.15) is 12.0 Å². The molecule has 1 saturated heterocycles. The zero-order chi connectivity index (χ0) is 18.1. The van der Waals surface area contributed by atoms with Crippen molar-refractivity contribution in [2.24, 2.45) is 5.92 Å². The standard InChI is InChI=1S/C22H21NO3/c1-26-18-9-6-15(7-10-18)14-17-12-13-23(22(17)25)21-19-5-3-2-4-16(19)8-11-20(21)24/h2-11,17,24H,12-14H2,1H3. The lowest BCUT2D eigenvalue weighted by Crippen LogP contribution is -2.28. The van der Waals surface area contributed by atoms with Gasteiger partial charge in [-0.15, -0.1) is 0 Å². The molecule has 1 aliphatic heterocycles. The van der Waals surface area contributed by atoms with Crippen LogP contribution in [0.2, 0.25) is 0 Å². The van der Waals surface area contributed by atoms with E-state index >= 15 is 0 Å². The second kappa shape index (κ2) is 6.71. The number of methoxy groups -OCH3 is 1. The molecule has 1 heterocycles. The Bertz CT molecular complexity index is 949. The Morgan fingerprint density at radius 1 is 1.08 bits per heavy atom. The number of ether oxygens (including phenoxy) is 1. The molecule has 4 heteroatoms. The largest absolute Gasteiger partial charge is 0.506 e. The van der Waals surface area contributed by atoms with E-state index in [-0.39, 0.29) is 17.6 Å². The summed E-state index contributed by atoms with van der Waals surface area (Å²) in [7, 11) is 1.64. The Morgan fingerprint density at radius 2 is 1.85 bits per heavy atom. The SMILES string of the molecule is COc1ccc(CC2CCN(c3c(O)ccc4ccccc34)C2=O)cc1. The first-order chi connectivity index (χ1) is 12.7. The van der Waals surface area contributed by atoms with Crippen molar-refractivity contribution in [2.45, 2.75) is 12.8 Å². The topological polar surface area (TPSA) is 49.8 Å². The maximum Gasteiger partial charge on any atom is 0.230 e. The van der Waals surface area contributed by atoms with Crippen LogP contribution in [0.5, 0.6) is 11.5 Å². The quantitative estimate of drug-likeness (QED) is 0.771. The van der Waals surface area contributed by atoms with Crippen molar-refractivity contribution in [3.63, 3.8) is 0 Å². The minimum absolute atomic E-state index is 0.0678. The van der Waals surface area contributed by atoms with Gasteiger partial charge in [0, 0.05) is 17.8 Å². The summed E-state index contributed by atoms with van der Waals surface area (Å²) in [6, 6.07) is 19.2. The molecule has 1 aliphatic rings. The van der Waals surface area contributed by atoms with E-state index in [1.54, 1.807) is 18.1 Å². The molecule has 1 amide bonds. The number of anilines is 1. The number of hydrogen-bond donors (Lipinski definition) is 1. The summed E-state index contributed by atoms with van der Waals surface area (Å²) in [6.07, 6.45) is 1.48. The van der Waals surface area contributed by atoms with Gasteiger partial charge in [0.2, 0.25) is 5.91 Å². The molecular formula is C22H21NO3. The fourth-order valence-electron chi connectivity index (χ4n) is 3.72. The number of fused-ring (bicyclic) bond motifs is 1. The molecule has 1 N–H and O–H groups in total. The molecular weight excluding hydrogens is 326 g/mol. The molecule has 1 atom stereocenters.